The van der Waals surface area contributed by atoms with Gasteiger partial charge in [0, 0.05) is 5.69 Å². The van der Waals surface area contributed by atoms with E-state index in [1.165, 1.54) is 16.9 Å². The zero-order valence-electron chi connectivity index (χ0n) is 15.4. The van der Waals surface area contributed by atoms with E-state index < -0.39 is 0 Å². The third kappa shape index (κ3) is 3.66. The summed E-state index contributed by atoms with van der Waals surface area (Å²) in [5, 5.41) is 0. The fraction of sp³-hybridized carbons (Fsp3) is 0.238. The molecule has 2 aromatic carbocycles. The van der Waals surface area contributed by atoms with Crippen LogP contribution in [-0.4, -0.2) is 17.8 Å². The highest BCUT2D eigenvalue weighted by Gasteiger charge is 2.15. The molecule has 2 heterocycles. The van der Waals surface area contributed by atoms with Gasteiger partial charge in [0.2, 0.25) is 0 Å². The summed E-state index contributed by atoms with van der Waals surface area (Å²) in [6.45, 7) is 5.75. The molecule has 0 N–H and O–H groups in total. The zero-order valence-corrected chi connectivity index (χ0v) is 16.2. The number of fused-ring (bicyclic) bond motifs is 1. The number of hydrogen-bond acceptors (Lipinski definition) is 5. The minimum Gasteiger partial charge on any atom is -0.494 e. The molecule has 138 valence electrons. The van der Waals surface area contributed by atoms with E-state index in [-0.39, 0.29) is 5.56 Å². The van der Waals surface area contributed by atoms with Gasteiger partial charge in [0.15, 0.2) is 4.80 Å². The molecule has 1 aliphatic rings. The maximum atomic E-state index is 12.8. The second-order valence-electron chi connectivity index (χ2n) is 6.44. The normalized spacial score (nSPS) is 14.0. The van der Waals surface area contributed by atoms with Gasteiger partial charge in [0.1, 0.15) is 19.1 Å². The SMILES string of the molecule is CCOc1ccc(/C=c2\sc3n(c2=O)CN(c2ccc(C)cc2)CN=3)cc1. The Hall–Kier alpha value is -2.86. The first-order valence-electron chi connectivity index (χ1n) is 8.94. The number of anilines is 1. The number of rotatable bonds is 4. The van der Waals surface area contributed by atoms with Crippen LogP contribution in [0, 0.1) is 6.92 Å². The third-order valence-corrected chi connectivity index (χ3v) is 5.51. The van der Waals surface area contributed by atoms with Gasteiger partial charge >= 0.3 is 0 Å². The lowest BCUT2D eigenvalue weighted by Gasteiger charge is -2.25. The van der Waals surface area contributed by atoms with Crippen LogP contribution in [0.25, 0.3) is 6.08 Å². The molecule has 0 saturated carbocycles. The third-order valence-electron chi connectivity index (χ3n) is 4.46. The van der Waals surface area contributed by atoms with Crippen molar-refractivity contribution in [1.82, 2.24) is 4.57 Å². The lowest BCUT2D eigenvalue weighted by molar-refractivity contribution is 0.340. The Bertz CT molecular complexity index is 1110. The molecule has 6 heteroatoms. The second-order valence-corrected chi connectivity index (χ2v) is 7.45. The molecule has 0 unspecified atom stereocenters. The lowest BCUT2D eigenvalue weighted by atomic mass is 10.2. The van der Waals surface area contributed by atoms with Crippen LogP contribution < -0.4 is 24.5 Å². The molecule has 0 amide bonds. The van der Waals surface area contributed by atoms with Crippen molar-refractivity contribution in [2.24, 2.45) is 4.99 Å². The van der Waals surface area contributed by atoms with E-state index in [4.69, 9.17) is 4.74 Å². The van der Waals surface area contributed by atoms with Crippen molar-refractivity contribution >= 4 is 23.1 Å². The van der Waals surface area contributed by atoms with Crippen LogP contribution >= 0.6 is 11.3 Å². The van der Waals surface area contributed by atoms with Crippen LogP contribution in [0.4, 0.5) is 5.69 Å². The summed E-state index contributed by atoms with van der Waals surface area (Å²) in [7, 11) is 0. The first-order valence-corrected chi connectivity index (χ1v) is 9.76. The summed E-state index contributed by atoms with van der Waals surface area (Å²) in [6.07, 6.45) is 1.92. The summed E-state index contributed by atoms with van der Waals surface area (Å²) in [4.78, 5) is 20.3. The minimum atomic E-state index is 0.00412. The van der Waals surface area contributed by atoms with Crippen molar-refractivity contribution in [2.75, 3.05) is 18.2 Å². The van der Waals surface area contributed by atoms with E-state index in [2.05, 4.69) is 41.1 Å². The molecule has 0 aliphatic carbocycles. The van der Waals surface area contributed by atoms with Crippen LogP contribution in [0.1, 0.15) is 18.1 Å². The van der Waals surface area contributed by atoms with Crippen molar-refractivity contribution in [3.63, 3.8) is 0 Å². The molecule has 1 aromatic heterocycles. The summed E-state index contributed by atoms with van der Waals surface area (Å²) >= 11 is 1.44. The highest BCUT2D eigenvalue weighted by molar-refractivity contribution is 7.07. The number of aromatic nitrogens is 1. The monoisotopic (exact) mass is 379 g/mol. The molecule has 0 fully saturated rings. The molecule has 4 rings (SSSR count). The summed E-state index contributed by atoms with van der Waals surface area (Å²) < 4.78 is 7.91. The van der Waals surface area contributed by atoms with E-state index in [0.717, 1.165) is 21.8 Å². The molecule has 0 saturated heterocycles. The summed E-state index contributed by atoms with van der Waals surface area (Å²) in [5.41, 5.74) is 3.27. The minimum absolute atomic E-state index is 0.00412. The molecule has 0 bridgehead atoms. The van der Waals surface area contributed by atoms with Gasteiger partial charge in [-0.15, -0.1) is 0 Å². The molecule has 0 atom stereocenters. The van der Waals surface area contributed by atoms with Crippen molar-refractivity contribution in [3.8, 4) is 5.75 Å². The van der Waals surface area contributed by atoms with Crippen molar-refractivity contribution in [3.05, 3.63) is 79.3 Å². The molecule has 27 heavy (non-hydrogen) atoms. The number of nitrogens with zero attached hydrogens (tertiary/aromatic N) is 3. The molecule has 5 nitrogen and oxygen atoms in total. The Morgan fingerprint density at radius 1 is 1.15 bits per heavy atom. The van der Waals surface area contributed by atoms with Gasteiger partial charge in [0.05, 0.1) is 11.1 Å². The highest BCUT2D eigenvalue weighted by atomic mass is 32.1. The fourth-order valence-corrected chi connectivity index (χ4v) is 3.97. The Morgan fingerprint density at radius 2 is 1.89 bits per heavy atom. The quantitative estimate of drug-likeness (QED) is 0.700. The number of ether oxygens (including phenoxy) is 1. The van der Waals surface area contributed by atoms with E-state index in [0.29, 0.717) is 24.5 Å². The number of aryl methyl sites for hydroxylation is 1. The van der Waals surface area contributed by atoms with Crippen LogP contribution in [-0.2, 0) is 6.67 Å². The predicted octanol–water partition coefficient (Wildman–Crippen LogP) is 2.50. The number of thiazole rings is 1. The largest absolute Gasteiger partial charge is 0.494 e. The average molecular weight is 379 g/mol. The van der Waals surface area contributed by atoms with Crippen LogP contribution in [0.3, 0.4) is 0 Å². The second kappa shape index (κ2) is 7.40. The van der Waals surface area contributed by atoms with Gasteiger partial charge < -0.3 is 9.64 Å². The van der Waals surface area contributed by atoms with Gasteiger partial charge in [-0.1, -0.05) is 41.2 Å². The Kier molecular flexibility index (Phi) is 4.81. The smallest absolute Gasteiger partial charge is 0.271 e. The topological polar surface area (TPSA) is 46.8 Å². The van der Waals surface area contributed by atoms with Crippen LogP contribution in [0.15, 0.2) is 58.3 Å². The standard InChI is InChI=1S/C21H21N3O2S/c1-3-26-18-10-6-16(7-11-18)12-19-20(25)24-14-23(13-22-21(24)27-19)17-8-4-15(2)5-9-17/h4-12H,3,13-14H2,1-2H3/b19-12-. The molecule has 3 aromatic rings. The van der Waals surface area contributed by atoms with Crippen LogP contribution in [0.5, 0.6) is 5.75 Å². The Balaban J connectivity index is 1.64. The van der Waals surface area contributed by atoms with Gasteiger partial charge in [-0.25, -0.2) is 4.99 Å². The number of hydrogen-bond donors (Lipinski definition) is 0. The molecule has 1 aliphatic heterocycles. The van der Waals surface area contributed by atoms with Crippen molar-refractivity contribution in [2.45, 2.75) is 20.5 Å². The average Bonchev–Trinajstić information content (AvgIpc) is 2.99. The first-order chi connectivity index (χ1) is 13.1. The van der Waals surface area contributed by atoms with Gasteiger partial charge in [-0.2, -0.15) is 0 Å². The maximum Gasteiger partial charge on any atom is 0.271 e. The van der Waals surface area contributed by atoms with E-state index >= 15 is 0 Å². The zero-order chi connectivity index (χ0) is 18.8. The van der Waals surface area contributed by atoms with Crippen molar-refractivity contribution in [1.29, 1.82) is 0 Å². The number of benzene rings is 2. The lowest BCUT2D eigenvalue weighted by Crippen LogP contribution is -2.42. The van der Waals surface area contributed by atoms with E-state index in [9.17, 15) is 4.79 Å². The maximum absolute atomic E-state index is 12.8. The molecule has 0 spiro atoms. The van der Waals surface area contributed by atoms with E-state index in [1.54, 1.807) is 4.57 Å². The Morgan fingerprint density at radius 3 is 2.59 bits per heavy atom. The Labute approximate surface area is 161 Å². The predicted molar refractivity (Wildman–Crippen MR) is 109 cm³/mol. The van der Waals surface area contributed by atoms with E-state index in [1.807, 2.05) is 37.3 Å². The molecule has 0 radical (unpaired) electrons. The fourth-order valence-electron chi connectivity index (χ4n) is 3.01. The molecular formula is C21H21N3O2S. The summed E-state index contributed by atoms with van der Waals surface area (Å²) in [6, 6.07) is 16.1. The summed E-state index contributed by atoms with van der Waals surface area (Å²) in [5.74, 6) is 0.834. The van der Waals surface area contributed by atoms with Gasteiger partial charge in [-0.05, 0) is 49.8 Å². The first kappa shape index (κ1) is 17.5. The van der Waals surface area contributed by atoms with Gasteiger partial charge in [-0.3, -0.25) is 9.36 Å². The van der Waals surface area contributed by atoms with Gasteiger partial charge in [0.25, 0.3) is 5.56 Å². The van der Waals surface area contributed by atoms with Crippen molar-refractivity contribution < 1.29 is 4.74 Å². The molecular weight excluding hydrogens is 358 g/mol. The van der Waals surface area contributed by atoms with Crippen LogP contribution in [0.2, 0.25) is 0 Å². The highest BCUT2D eigenvalue weighted by Crippen LogP contribution is 2.16.